The lowest BCUT2D eigenvalue weighted by atomic mass is 10.1. The quantitative estimate of drug-likeness (QED) is 0.835. The topological polar surface area (TPSA) is 12.0 Å². The molecule has 0 aliphatic carbocycles. The second-order valence-electron chi connectivity index (χ2n) is 4.11. The summed E-state index contributed by atoms with van der Waals surface area (Å²) in [6, 6.07) is 5.48. The van der Waals surface area contributed by atoms with E-state index < -0.39 is 0 Å². The van der Waals surface area contributed by atoms with Gasteiger partial charge in [-0.05, 0) is 37.8 Å². The van der Waals surface area contributed by atoms with Crippen molar-refractivity contribution in [3.63, 3.8) is 0 Å². The first-order valence-electron chi connectivity index (χ1n) is 5.83. The third-order valence-electron chi connectivity index (χ3n) is 2.53. The first-order valence-corrected chi connectivity index (χ1v) is 7.78. The maximum Gasteiger partial charge on any atom is 0.128 e. The van der Waals surface area contributed by atoms with E-state index in [1.165, 1.54) is 6.07 Å². The highest BCUT2D eigenvalue weighted by atomic mass is 79.9. The Hall–Kier alpha value is -0.0600. The minimum Gasteiger partial charge on any atom is -0.307 e. The van der Waals surface area contributed by atoms with Crippen LogP contribution in [0.4, 0.5) is 4.39 Å². The van der Waals surface area contributed by atoms with Gasteiger partial charge >= 0.3 is 0 Å². The summed E-state index contributed by atoms with van der Waals surface area (Å²) in [6.07, 6.45) is 0. The van der Waals surface area contributed by atoms with Crippen LogP contribution in [0.15, 0.2) is 22.7 Å². The van der Waals surface area contributed by atoms with Crippen LogP contribution in [0.1, 0.15) is 32.4 Å². The summed E-state index contributed by atoms with van der Waals surface area (Å²) in [5, 5.41) is 3.42. The highest BCUT2D eigenvalue weighted by Crippen LogP contribution is 2.22. The molecule has 0 aliphatic rings. The maximum absolute atomic E-state index is 13.7. The Morgan fingerprint density at radius 2 is 2.12 bits per heavy atom. The molecule has 1 aromatic carbocycles. The lowest BCUT2D eigenvalue weighted by Gasteiger charge is -2.20. The van der Waals surface area contributed by atoms with Crippen molar-refractivity contribution in [3.8, 4) is 0 Å². The van der Waals surface area contributed by atoms with Gasteiger partial charge in [0.1, 0.15) is 5.82 Å². The Balaban J connectivity index is 2.62. The normalized spacial score (nSPS) is 14.6. The van der Waals surface area contributed by atoms with Gasteiger partial charge in [-0.2, -0.15) is 11.8 Å². The smallest absolute Gasteiger partial charge is 0.128 e. The molecule has 0 spiro atoms. The van der Waals surface area contributed by atoms with Gasteiger partial charge in [0.15, 0.2) is 0 Å². The second-order valence-corrected chi connectivity index (χ2v) is 6.35. The second kappa shape index (κ2) is 7.39. The molecule has 1 nitrogen and oxygen atoms in total. The van der Waals surface area contributed by atoms with Crippen molar-refractivity contribution in [3.05, 3.63) is 34.1 Å². The first-order chi connectivity index (χ1) is 8.04. The molecule has 1 rings (SSSR count). The highest BCUT2D eigenvalue weighted by molar-refractivity contribution is 9.10. The fraction of sp³-hybridized carbons (Fsp3) is 0.538. The number of hydrogen-bond acceptors (Lipinski definition) is 2. The largest absolute Gasteiger partial charge is 0.307 e. The number of rotatable bonds is 6. The summed E-state index contributed by atoms with van der Waals surface area (Å²) in [4.78, 5) is 0. The standard InChI is InChI=1S/C13H19BrFNS/c1-4-17-8-9(2)16-10(3)12-7-11(14)5-6-13(12)15/h5-7,9-10,16H,4,8H2,1-3H3. The van der Waals surface area contributed by atoms with E-state index in [1.54, 1.807) is 6.07 Å². The zero-order valence-electron chi connectivity index (χ0n) is 10.5. The van der Waals surface area contributed by atoms with Gasteiger partial charge in [-0.15, -0.1) is 0 Å². The van der Waals surface area contributed by atoms with Crippen molar-refractivity contribution in [1.29, 1.82) is 0 Å². The summed E-state index contributed by atoms with van der Waals surface area (Å²) in [5.41, 5.74) is 0.715. The van der Waals surface area contributed by atoms with E-state index in [2.05, 4.69) is 35.1 Å². The molecule has 0 amide bonds. The van der Waals surface area contributed by atoms with E-state index in [9.17, 15) is 4.39 Å². The highest BCUT2D eigenvalue weighted by Gasteiger charge is 2.13. The Kier molecular flexibility index (Phi) is 6.52. The molecule has 17 heavy (non-hydrogen) atoms. The fourth-order valence-corrected chi connectivity index (χ4v) is 2.77. The number of benzene rings is 1. The monoisotopic (exact) mass is 319 g/mol. The van der Waals surface area contributed by atoms with Gasteiger partial charge in [0.2, 0.25) is 0 Å². The van der Waals surface area contributed by atoms with Gasteiger partial charge in [0.25, 0.3) is 0 Å². The third-order valence-corrected chi connectivity index (χ3v) is 4.17. The molecule has 0 bridgehead atoms. The van der Waals surface area contributed by atoms with Crippen molar-refractivity contribution in [2.24, 2.45) is 0 Å². The maximum atomic E-state index is 13.7. The summed E-state index contributed by atoms with van der Waals surface area (Å²) in [7, 11) is 0. The lowest BCUT2D eigenvalue weighted by molar-refractivity contribution is 0.487. The third kappa shape index (κ3) is 4.98. The Bertz CT molecular complexity index is 359. The van der Waals surface area contributed by atoms with E-state index in [0.717, 1.165) is 16.0 Å². The number of thioether (sulfide) groups is 1. The van der Waals surface area contributed by atoms with Gasteiger partial charge in [0, 0.05) is 27.9 Å². The summed E-state index contributed by atoms with van der Waals surface area (Å²) < 4.78 is 14.6. The Labute approximate surface area is 116 Å². The molecule has 0 saturated carbocycles. The summed E-state index contributed by atoms with van der Waals surface area (Å²) >= 11 is 5.27. The molecule has 0 heterocycles. The molecule has 0 fully saturated rings. The number of halogens is 2. The SMILES string of the molecule is CCSCC(C)NC(C)c1cc(Br)ccc1F. The van der Waals surface area contributed by atoms with Gasteiger partial charge in [-0.3, -0.25) is 0 Å². The Morgan fingerprint density at radius 1 is 1.41 bits per heavy atom. The van der Waals surface area contributed by atoms with Crippen molar-refractivity contribution in [2.45, 2.75) is 32.9 Å². The zero-order chi connectivity index (χ0) is 12.8. The minimum atomic E-state index is -0.149. The molecule has 2 atom stereocenters. The molecule has 0 radical (unpaired) electrons. The summed E-state index contributed by atoms with van der Waals surface area (Å²) in [6.45, 7) is 6.28. The van der Waals surface area contributed by atoms with Crippen LogP contribution >= 0.6 is 27.7 Å². The average molecular weight is 320 g/mol. The van der Waals surface area contributed by atoms with Crippen molar-refractivity contribution < 1.29 is 4.39 Å². The van der Waals surface area contributed by atoms with E-state index in [-0.39, 0.29) is 11.9 Å². The molecule has 4 heteroatoms. The van der Waals surface area contributed by atoms with Crippen molar-refractivity contribution in [1.82, 2.24) is 5.32 Å². The van der Waals surface area contributed by atoms with E-state index in [0.29, 0.717) is 11.6 Å². The van der Waals surface area contributed by atoms with Crippen LogP contribution in [0.2, 0.25) is 0 Å². The van der Waals surface area contributed by atoms with Gasteiger partial charge in [-0.25, -0.2) is 4.39 Å². The predicted molar refractivity (Wildman–Crippen MR) is 78.1 cm³/mol. The molecular weight excluding hydrogens is 301 g/mol. The van der Waals surface area contributed by atoms with Crippen LogP contribution in [0.25, 0.3) is 0 Å². The molecular formula is C13H19BrFNS. The molecule has 0 saturated heterocycles. The van der Waals surface area contributed by atoms with Crippen LogP contribution in [-0.4, -0.2) is 17.5 Å². The van der Waals surface area contributed by atoms with Gasteiger partial charge in [-0.1, -0.05) is 22.9 Å². The van der Waals surface area contributed by atoms with Gasteiger partial charge in [0.05, 0.1) is 0 Å². The fourth-order valence-electron chi connectivity index (χ4n) is 1.71. The van der Waals surface area contributed by atoms with Crippen LogP contribution < -0.4 is 5.32 Å². The van der Waals surface area contributed by atoms with Crippen LogP contribution in [0, 0.1) is 5.82 Å². The zero-order valence-corrected chi connectivity index (χ0v) is 12.9. The van der Waals surface area contributed by atoms with E-state index in [4.69, 9.17) is 0 Å². The molecule has 1 N–H and O–H groups in total. The van der Waals surface area contributed by atoms with E-state index in [1.807, 2.05) is 24.8 Å². The van der Waals surface area contributed by atoms with Crippen molar-refractivity contribution in [2.75, 3.05) is 11.5 Å². The first kappa shape index (κ1) is 15.0. The van der Waals surface area contributed by atoms with Crippen LogP contribution in [-0.2, 0) is 0 Å². The Morgan fingerprint density at radius 3 is 2.76 bits per heavy atom. The average Bonchev–Trinajstić information content (AvgIpc) is 2.29. The lowest BCUT2D eigenvalue weighted by Crippen LogP contribution is -2.31. The predicted octanol–water partition coefficient (Wildman–Crippen LogP) is 4.38. The number of nitrogens with one attached hydrogen (secondary N) is 1. The molecule has 0 aliphatic heterocycles. The molecule has 1 aromatic rings. The molecule has 96 valence electrons. The molecule has 2 unspecified atom stereocenters. The van der Waals surface area contributed by atoms with Gasteiger partial charge < -0.3 is 5.32 Å². The molecule has 0 aromatic heterocycles. The van der Waals surface area contributed by atoms with E-state index >= 15 is 0 Å². The van der Waals surface area contributed by atoms with Crippen LogP contribution in [0.3, 0.4) is 0 Å². The minimum absolute atomic E-state index is 0.0277. The number of hydrogen-bond donors (Lipinski definition) is 1. The summed E-state index contributed by atoms with van der Waals surface area (Å²) in [5.74, 6) is 2.02. The van der Waals surface area contributed by atoms with Crippen molar-refractivity contribution >= 4 is 27.7 Å². The van der Waals surface area contributed by atoms with Crippen LogP contribution in [0.5, 0.6) is 0 Å².